The number of nitrogens with zero attached hydrogens (tertiary/aromatic N) is 1. The van der Waals surface area contributed by atoms with Crippen molar-refractivity contribution in [1.82, 2.24) is 10.2 Å². The number of carbonyl (C=O) groups excluding carboxylic acids is 2. The smallest absolute Gasteiger partial charge is 0.261 e. The monoisotopic (exact) mass is 510 g/mol. The van der Waals surface area contributed by atoms with Gasteiger partial charge in [0.15, 0.2) is 6.61 Å². The Morgan fingerprint density at radius 3 is 2.24 bits per heavy atom. The summed E-state index contributed by atoms with van der Waals surface area (Å²) in [6.07, 6.45) is 0.392. The molecular weight excluding hydrogens is 484 g/mol. The van der Waals surface area contributed by atoms with E-state index in [2.05, 4.69) is 21.2 Å². The van der Waals surface area contributed by atoms with E-state index < -0.39 is 6.04 Å². The van der Waals surface area contributed by atoms with Crippen LogP contribution in [-0.2, 0) is 22.6 Å². The van der Waals surface area contributed by atoms with Gasteiger partial charge < -0.3 is 19.7 Å². The van der Waals surface area contributed by atoms with Crippen LogP contribution in [0.3, 0.4) is 0 Å². The quantitative estimate of drug-likeness (QED) is 0.443. The van der Waals surface area contributed by atoms with E-state index in [-0.39, 0.29) is 25.0 Å². The van der Waals surface area contributed by atoms with Crippen molar-refractivity contribution >= 4 is 27.7 Å². The minimum Gasteiger partial charge on any atom is -0.497 e. The number of rotatable bonds is 10. The van der Waals surface area contributed by atoms with Crippen molar-refractivity contribution in [3.05, 3.63) is 94.5 Å². The first-order valence-electron chi connectivity index (χ1n) is 10.6. The van der Waals surface area contributed by atoms with Crippen molar-refractivity contribution in [3.63, 3.8) is 0 Å². The Bertz CT molecular complexity index is 1060. The van der Waals surface area contributed by atoms with Gasteiger partial charge in [-0.3, -0.25) is 9.59 Å². The van der Waals surface area contributed by atoms with Gasteiger partial charge in [-0.25, -0.2) is 0 Å². The molecule has 172 valence electrons. The normalized spacial score (nSPS) is 11.4. The van der Waals surface area contributed by atoms with E-state index >= 15 is 0 Å². The van der Waals surface area contributed by atoms with E-state index in [1.165, 1.54) is 0 Å². The number of benzene rings is 3. The highest BCUT2D eigenvalue weighted by Gasteiger charge is 2.30. The Morgan fingerprint density at radius 2 is 1.61 bits per heavy atom. The zero-order chi connectivity index (χ0) is 23.6. The summed E-state index contributed by atoms with van der Waals surface area (Å²) in [4.78, 5) is 27.8. The van der Waals surface area contributed by atoms with Gasteiger partial charge >= 0.3 is 0 Å². The molecule has 1 atom stereocenters. The largest absolute Gasteiger partial charge is 0.497 e. The maximum Gasteiger partial charge on any atom is 0.261 e. The second-order valence-electron chi connectivity index (χ2n) is 7.44. The Morgan fingerprint density at radius 1 is 0.939 bits per heavy atom. The molecule has 0 saturated carbocycles. The van der Waals surface area contributed by atoms with Crippen molar-refractivity contribution < 1.29 is 19.1 Å². The zero-order valence-corrected chi connectivity index (χ0v) is 20.2. The zero-order valence-electron chi connectivity index (χ0n) is 18.7. The van der Waals surface area contributed by atoms with E-state index in [4.69, 9.17) is 9.47 Å². The van der Waals surface area contributed by atoms with Crippen LogP contribution in [0.15, 0.2) is 83.3 Å². The number of methoxy groups -OCH3 is 1. The lowest BCUT2D eigenvalue weighted by Crippen LogP contribution is -2.51. The average molecular weight is 511 g/mol. The summed E-state index contributed by atoms with van der Waals surface area (Å²) < 4.78 is 11.8. The summed E-state index contributed by atoms with van der Waals surface area (Å²) in [5, 5.41) is 2.71. The summed E-state index contributed by atoms with van der Waals surface area (Å²) in [5.74, 6) is 0.737. The number of ether oxygens (including phenoxy) is 2. The van der Waals surface area contributed by atoms with Crippen LogP contribution in [0.25, 0.3) is 0 Å². The molecule has 0 aromatic heterocycles. The number of amides is 2. The molecule has 6 nitrogen and oxygen atoms in total. The molecular formula is C26H27BrN2O4. The van der Waals surface area contributed by atoms with Crippen LogP contribution in [0, 0.1) is 0 Å². The van der Waals surface area contributed by atoms with Gasteiger partial charge in [0.2, 0.25) is 5.91 Å². The fourth-order valence-corrected chi connectivity index (χ4v) is 3.90. The maximum atomic E-state index is 13.4. The van der Waals surface area contributed by atoms with Gasteiger partial charge in [-0.1, -0.05) is 58.4 Å². The molecule has 2 amide bonds. The van der Waals surface area contributed by atoms with Gasteiger partial charge in [0.1, 0.15) is 17.5 Å². The van der Waals surface area contributed by atoms with Crippen LogP contribution in [0.4, 0.5) is 0 Å². The molecule has 0 unspecified atom stereocenters. The number of hydrogen-bond donors (Lipinski definition) is 1. The maximum absolute atomic E-state index is 13.4. The number of hydrogen-bond acceptors (Lipinski definition) is 4. The lowest BCUT2D eigenvalue weighted by molar-refractivity contribution is -0.142. The molecule has 3 rings (SSSR count). The fourth-order valence-electron chi connectivity index (χ4n) is 3.45. The molecule has 0 heterocycles. The molecule has 33 heavy (non-hydrogen) atoms. The van der Waals surface area contributed by atoms with E-state index in [0.717, 1.165) is 15.6 Å². The lowest BCUT2D eigenvalue weighted by Gasteiger charge is -2.31. The van der Waals surface area contributed by atoms with E-state index in [1.807, 2.05) is 54.6 Å². The van der Waals surface area contributed by atoms with Gasteiger partial charge in [0, 0.05) is 24.5 Å². The predicted octanol–water partition coefficient (Wildman–Crippen LogP) is 4.22. The van der Waals surface area contributed by atoms with Gasteiger partial charge in [0.25, 0.3) is 5.91 Å². The third-order valence-electron chi connectivity index (χ3n) is 5.18. The Hall–Kier alpha value is -3.32. The van der Waals surface area contributed by atoms with E-state index in [0.29, 0.717) is 17.9 Å². The highest BCUT2D eigenvalue weighted by Crippen LogP contribution is 2.20. The van der Waals surface area contributed by atoms with Crippen molar-refractivity contribution in [1.29, 1.82) is 0 Å². The minimum atomic E-state index is -0.691. The van der Waals surface area contributed by atoms with Gasteiger partial charge in [-0.2, -0.15) is 0 Å². The molecule has 0 bridgehead atoms. The van der Waals surface area contributed by atoms with Crippen LogP contribution >= 0.6 is 15.9 Å². The number of carbonyl (C=O) groups is 2. The number of nitrogens with one attached hydrogen (secondary N) is 1. The first-order valence-corrected chi connectivity index (χ1v) is 11.4. The molecule has 0 saturated heterocycles. The topological polar surface area (TPSA) is 67.9 Å². The highest BCUT2D eigenvalue weighted by molar-refractivity contribution is 9.10. The molecule has 0 aliphatic heterocycles. The fraction of sp³-hybridized carbons (Fsp3) is 0.231. The van der Waals surface area contributed by atoms with Crippen molar-refractivity contribution in [2.45, 2.75) is 19.0 Å². The first kappa shape index (κ1) is 24.3. The predicted molar refractivity (Wildman–Crippen MR) is 131 cm³/mol. The average Bonchev–Trinajstić information content (AvgIpc) is 2.85. The second-order valence-corrected chi connectivity index (χ2v) is 8.35. The minimum absolute atomic E-state index is 0.192. The third-order valence-corrected chi connectivity index (χ3v) is 5.67. The van der Waals surface area contributed by atoms with E-state index in [9.17, 15) is 9.59 Å². The molecule has 3 aromatic carbocycles. The second kappa shape index (κ2) is 12.1. The van der Waals surface area contributed by atoms with Gasteiger partial charge in [-0.05, 0) is 47.5 Å². The summed E-state index contributed by atoms with van der Waals surface area (Å²) in [6, 6.07) is 23.7. The Kier molecular flexibility index (Phi) is 8.89. The Labute approximate surface area is 202 Å². The first-order chi connectivity index (χ1) is 16.0. The van der Waals surface area contributed by atoms with Crippen LogP contribution < -0.4 is 14.8 Å². The summed E-state index contributed by atoms with van der Waals surface area (Å²) >= 11 is 3.48. The summed E-state index contributed by atoms with van der Waals surface area (Å²) in [7, 11) is 3.17. The van der Waals surface area contributed by atoms with E-state index in [1.54, 1.807) is 43.3 Å². The van der Waals surface area contributed by atoms with Gasteiger partial charge in [0.05, 0.1) is 7.11 Å². The van der Waals surface area contributed by atoms with Crippen LogP contribution in [0.1, 0.15) is 11.1 Å². The SMILES string of the molecule is CNC(=O)[C@H](Cc1ccccc1)N(Cc1cccc(Br)c1)C(=O)COc1ccc(OC)cc1. The highest BCUT2D eigenvalue weighted by atomic mass is 79.9. The third kappa shape index (κ3) is 7.08. The Balaban J connectivity index is 1.85. The molecule has 0 aliphatic rings. The van der Waals surface area contributed by atoms with Crippen molar-refractivity contribution in [3.8, 4) is 11.5 Å². The molecule has 1 N–H and O–H groups in total. The molecule has 0 aliphatic carbocycles. The molecule has 0 radical (unpaired) electrons. The van der Waals surface area contributed by atoms with Crippen LogP contribution in [0.2, 0.25) is 0 Å². The summed E-state index contributed by atoms with van der Waals surface area (Å²) in [5.41, 5.74) is 1.87. The summed E-state index contributed by atoms with van der Waals surface area (Å²) in [6.45, 7) is 0.0811. The lowest BCUT2D eigenvalue weighted by atomic mass is 10.0. The molecule has 3 aromatic rings. The number of halogens is 1. The van der Waals surface area contributed by atoms with Gasteiger partial charge in [-0.15, -0.1) is 0 Å². The number of likely N-dealkylation sites (N-methyl/N-ethyl adjacent to an activating group) is 1. The standard InChI is InChI=1S/C26H27BrN2O4/c1-28-26(31)24(16-19-7-4-3-5-8-19)29(17-20-9-6-10-21(27)15-20)25(30)18-33-23-13-11-22(32-2)12-14-23/h3-15,24H,16-18H2,1-2H3,(H,28,31)/t24-/m0/s1. The van der Waals surface area contributed by atoms with Crippen LogP contribution in [-0.4, -0.2) is 43.5 Å². The molecule has 0 fully saturated rings. The van der Waals surface area contributed by atoms with Crippen LogP contribution in [0.5, 0.6) is 11.5 Å². The molecule has 7 heteroatoms. The molecule has 0 spiro atoms. The van der Waals surface area contributed by atoms with Crippen molar-refractivity contribution in [2.75, 3.05) is 20.8 Å². The van der Waals surface area contributed by atoms with Crippen molar-refractivity contribution in [2.24, 2.45) is 0 Å².